The normalized spacial score (nSPS) is 13.0. The van der Waals surface area contributed by atoms with Crippen molar-refractivity contribution in [3.63, 3.8) is 0 Å². The molecule has 7 nitrogen and oxygen atoms in total. The molecule has 1 unspecified atom stereocenters. The molecule has 7 heteroatoms. The van der Waals surface area contributed by atoms with Crippen LogP contribution in [0.5, 0.6) is 0 Å². The number of nitrogens with zero attached hydrogens (tertiary/aromatic N) is 3. The number of amides is 1. The third-order valence-corrected chi connectivity index (χ3v) is 5.59. The zero-order chi connectivity index (χ0) is 22.2. The zero-order valence-electron chi connectivity index (χ0n) is 17.6. The maximum atomic E-state index is 13.1. The van der Waals surface area contributed by atoms with E-state index in [1.165, 1.54) is 0 Å². The Morgan fingerprint density at radius 1 is 0.938 bits per heavy atom. The Balaban J connectivity index is 1.40. The van der Waals surface area contributed by atoms with Crippen LogP contribution in [0.15, 0.2) is 71.5 Å². The third-order valence-electron chi connectivity index (χ3n) is 5.59. The predicted molar refractivity (Wildman–Crippen MR) is 118 cm³/mol. The molecule has 4 aromatic rings. The number of fused-ring (bicyclic) bond motifs is 3. The molecule has 1 aliphatic rings. The fourth-order valence-corrected chi connectivity index (χ4v) is 3.89. The van der Waals surface area contributed by atoms with Crippen LogP contribution in [0.25, 0.3) is 22.5 Å². The lowest BCUT2D eigenvalue weighted by atomic mass is 10.0. The minimum Gasteiger partial charge on any atom is -0.340 e. The molecular weight excluding hydrogens is 404 g/mol. The van der Waals surface area contributed by atoms with Crippen molar-refractivity contribution in [3.05, 3.63) is 89.6 Å². The highest BCUT2D eigenvalue weighted by Gasteiger charge is 2.29. The fraction of sp³-hybridized carbons (Fsp3) is 0.160. The number of carbonyl (C=O) groups excluding carboxylic acids is 2. The summed E-state index contributed by atoms with van der Waals surface area (Å²) in [7, 11) is 0. The summed E-state index contributed by atoms with van der Waals surface area (Å²) in [6.45, 7) is 3.92. The molecule has 0 bridgehead atoms. The van der Waals surface area contributed by atoms with E-state index in [4.69, 9.17) is 4.52 Å². The van der Waals surface area contributed by atoms with Gasteiger partial charge in [0.2, 0.25) is 11.7 Å². The Labute approximate surface area is 184 Å². The molecule has 2 aromatic heterocycles. The Morgan fingerprint density at radius 3 is 2.41 bits per heavy atom. The average Bonchev–Trinajstić information content (AvgIpc) is 3.41. The molecule has 2 aromatic carbocycles. The van der Waals surface area contributed by atoms with Gasteiger partial charge in [-0.25, -0.2) is 0 Å². The van der Waals surface area contributed by atoms with Crippen LogP contribution in [-0.2, 0) is 0 Å². The summed E-state index contributed by atoms with van der Waals surface area (Å²) in [5.74, 6) is 0.390. The molecular formula is C25H20N4O3. The smallest absolute Gasteiger partial charge is 0.251 e. The van der Waals surface area contributed by atoms with Gasteiger partial charge in [-0.15, -0.1) is 0 Å². The van der Waals surface area contributed by atoms with E-state index < -0.39 is 6.04 Å². The number of benzene rings is 2. The first-order valence-corrected chi connectivity index (χ1v) is 10.4. The van der Waals surface area contributed by atoms with Gasteiger partial charge < -0.3 is 9.84 Å². The van der Waals surface area contributed by atoms with Crippen molar-refractivity contribution < 1.29 is 14.1 Å². The van der Waals surface area contributed by atoms with Crippen LogP contribution in [0.4, 0.5) is 0 Å². The summed E-state index contributed by atoms with van der Waals surface area (Å²) in [4.78, 5) is 34.3. The van der Waals surface area contributed by atoms with Crippen molar-refractivity contribution in [2.75, 3.05) is 0 Å². The van der Waals surface area contributed by atoms with Gasteiger partial charge in [-0.05, 0) is 41.3 Å². The first kappa shape index (κ1) is 19.8. The van der Waals surface area contributed by atoms with Gasteiger partial charge in [0.15, 0.2) is 5.78 Å². The van der Waals surface area contributed by atoms with Gasteiger partial charge >= 0.3 is 0 Å². The van der Waals surface area contributed by atoms with E-state index in [-0.39, 0.29) is 17.6 Å². The summed E-state index contributed by atoms with van der Waals surface area (Å²) >= 11 is 0. The number of aromatic nitrogens is 3. The van der Waals surface area contributed by atoms with Crippen molar-refractivity contribution in [1.29, 1.82) is 0 Å². The van der Waals surface area contributed by atoms with E-state index in [0.29, 0.717) is 28.4 Å². The third kappa shape index (κ3) is 3.37. The number of ketones is 1. The van der Waals surface area contributed by atoms with Crippen molar-refractivity contribution in [1.82, 2.24) is 20.4 Å². The Morgan fingerprint density at radius 2 is 1.66 bits per heavy atom. The highest BCUT2D eigenvalue weighted by atomic mass is 16.5. The second kappa shape index (κ2) is 7.85. The second-order valence-electron chi connectivity index (χ2n) is 8.02. The minimum atomic E-state index is -0.480. The van der Waals surface area contributed by atoms with Crippen molar-refractivity contribution in [2.45, 2.75) is 19.9 Å². The van der Waals surface area contributed by atoms with Gasteiger partial charge in [0.1, 0.15) is 6.04 Å². The highest BCUT2D eigenvalue weighted by molar-refractivity contribution is 6.22. The standard InChI is InChI=1S/C25H20N4O3/c1-14(2)21(25-28-23(29-32-25)15-9-11-26-12-10-15)27-24(31)16-7-8-18-17-5-3-4-6-19(17)22(30)20(18)13-16/h3-14,21H,1-2H3,(H,27,31). The molecule has 2 heterocycles. The SMILES string of the molecule is CC(C)C(NC(=O)c1ccc2c(c1)C(=O)c1ccccc1-2)c1nc(-c2ccncc2)no1. The monoisotopic (exact) mass is 424 g/mol. The first-order chi connectivity index (χ1) is 15.5. The lowest BCUT2D eigenvalue weighted by molar-refractivity contribution is 0.0914. The van der Waals surface area contributed by atoms with E-state index in [9.17, 15) is 9.59 Å². The lowest BCUT2D eigenvalue weighted by Crippen LogP contribution is -2.32. The highest BCUT2D eigenvalue weighted by Crippen LogP contribution is 2.36. The number of hydrogen-bond donors (Lipinski definition) is 1. The molecule has 5 rings (SSSR count). The van der Waals surface area contributed by atoms with E-state index >= 15 is 0 Å². The fourth-order valence-electron chi connectivity index (χ4n) is 3.89. The lowest BCUT2D eigenvalue weighted by Gasteiger charge is -2.18. The van der Waals surface area contributed by atoms with Crippen LogP contribution in [0.3, 0.4) is 0 Å². The van der Waals surface area contributed by atoms with Gasteiger partial charge in [-0.3, -0.25) is 14.6 Å². The number of hydrogen-bond acceptors (Lipinski definition) is 6. The van der Waals surface area contributed by atoms with E-state index in [1.54, 1.807) is 36.7 Å². The summed E-state index contributed by atoms with van der Waals surface area (Å²) < 4.78 is 5.46. The van der Waals surface area contributed by atoms with Gasteiger partial charge in [0.05, 0.1) is 0 Å². The van der Waals surface area contributed by atoms with Crippen molar-refractivity contribution in [3.8, 4) is 22.5 Å². The minimum absolute atomic E-state index is 0.00463. The quantitative estimate of drug-likeness (QED) is 0.447. The number of carbonyl (C=O) groups is 2. The summed E-state index contributed by atoms with van der Waals surface area (Å²) in [6.07, 6.45) is 3.31. The summed E-state index contributed by atoms with van der Waals surface area (Å²) in [5.41, 5.74) is 4.13. The maximum absolute atomic E-state index is 13.1. The molecule has 0 aliphatic heterocycles. The van der Waals surface area contributed by atoms with E-state index in [0.717, 1.165) is 16.7 Å². The predicted octanol–water partition coefficient (Wildman–Crippen LogP) is 4.47. The molecule has 1 aliphatic carbocycles. The summed E-state index contributed by atoms with van der Waals surface area (Å²) in [6, 6.07) is 15.8. The van der Waals surface area contributed by atoms with Crippen molar-refractivity contribution >= 4 is 11.7 Å². The molecule has 32 heavy (non-hydrogen) atoms. The molecule has 0 spiro atoms. The van der Waals surface area contributed by atoms with Crippen LogP contribution in [0, 0.1) is 5.92 Å². The molecule has 0 fully saturated rings. The molecule has 1 amide bonds. The van der Waals surface area contributed by atoms with Gasteiger partial charge in [0, 0.05) is 34.6 Å². The Kier molecular flexibility index (Phi) is 4.86. The first-order valence-electron chi connectivity index (χ1n) is 10.4. The van der Waals surface area contributed by atoms with Crippen LogP contribution < -0.4 is 5.32 Å². The number of rotatable bonds is 5. The molecule has 158 valence electrons. The number of pyridine rings is 1. The van der Waals surface area contributed by atoms with Gasteiger partial charge in [0.25, 0.3) is 5.91 Å². The average molecular weight is 424 g/mol. The van der Waals surface area contributed by atoms with Crippen LogP contribution in [-0.4, -0.2) is 26.8 Å². The molecule has 1 N–H and O–H groups in total. The summed E-state index contributed by atoms with van der Waals surface area (Å²) in [5, 5.41) is 7.02. The molecule has 0 radical (unpaired) electrons. The second-order valence-corrected chi connectivity index (χ2v) is 8.02. The Hall–Kier alpha value is -4.13. The molecule has 0 saturated heterocycles. The largest absolute Gasteiger partial charge is 0.340 e. The van der Waals surface area contributed by atoms with Gasteiger partial charge in [-0.1, -0.05) is 49.3 Å². The topological polar surface area (TPSA) is 98.0 Å². The number of nitrogens with one attached hydrogen (secondary N) is 1. The zero-order valence-corrected chi connectivity index (χ0v) is 17.6. The van der Waals surface area contributed by atoms with E-state index in [1.807, 2.05) is 44.2 Å². The molecule has 0 saturated carbocycles. The van der Waals surface area contributed by atoms with Crippen LogP contribution in [0.1, 0.15) is 52.1 Å². The molecule has 1 atom stereocenters. The van der Waals surface area contributed by atoms with Gasteiger partial charge in [-0.2, -0.15) is 4.98 Å². The maximum Gasteiger partial charge on any atom is 0.251 e. The van der Waals surface area contributed by atoms with E-state index in [2.05, 4.69) is 20.4 Å². The van der Waals surface area contributed by atoms with Crippen LogP contribution >= 0.6 is 0 Å². The Bertz CT molecular complexity index is 1330. The van der Waals surface area contributed by atoms with Crippen LogP contribution in [0.2, 0.25) is 0 Å². The van der Waals surface area contributed by atoms with Crippen molar-refractivity contribution in [2.24, 2.45) is 5.92 Å².